The molecule has 3 nitrogen and oxygen atoms in total. The maximum atomic E-state index is 11.4. The molecular formula is C12H22N2O. The summed E-state index contributed by atoms with van der Waals surface area (Å²) in [5.74, 6) is 0.0684. The molecule has 0 saturated carbocycles. The number of nitrogens with zero attached hydrogens (tertiary/aromatic N) is 2. The van der Waals surface area contributed by atoms with E-state index in [1.165, 1.54) is 32.4 Å². The fourth-order valence-corrected chi connectivity index (χ4v) is 1.82. The summed E-state index contributed by atoms with van der Waals surface area (Å²) in [6.45, 7) is 4.49. The Morgan fingerprint density at radius 1 is 1.27 bits per heavy atom. The van der Waals surface area contributed by atoms with Crippen LogP contribution in [0.5, 0.6) is 0 Å². The zero-order chi connectivity index (χ0) is 11.3. The Hall–Kier alpha value is -0.830. The summed E-state index contributed by atoms with van der Waals surface area (Å²) in [7, 11) is 3.55. The van der Waals surface area contributed by atoms with Crippen LogP contribution in [0.4, 0.5) is 0 Å². The Labute approximate surface area is 92.7 Å². The molecule has 1 fully saturated rings. The minimum atomic E-state index is 0.0684. The fraction of sp³-hybridized carbons (Fsp3) is 0.750. The van der Waals surface area contributed by atoms with E-state index in [4.69, 9.17) is 0 Å². The molecule has 15 heavy (non-hydrogen) atoms. The quantitative estimate of drug-likeness (QED) is 0.659. The molecule has 1 saturated heterocycles. The topological polar surface area (TPSA) is 23.6 Å². The van der Waals surface area contributed by atoms with E-state index in [2.05, 4.69) is 11.8 Å². The molecule has 0 radical (unpaired) electrons. The maximum absolute atomic E-state index is 11.4. The molecule has 0 N–H and O–H groups in total. The van der Waals surface area contributed by atoms with E-state index in [1.807, 2.05) is 6.08 Å². The molecule has 0 bridgehead atoms. The van der Waals surface area contributed by atoms with Crippen LogP contribution in [-0.2, 0) is 4.79 Å². The lowest BCUT2D eigenvalue weighted by atomic mass is 10.1. The first-order valence-corrected chi connectivity index (χ1v) is 5.75. The molecule has 0 aliphatic carbocycles. The highest BCUT2D eigenvalue weighted by Crippen LogP contribution is 2.12. The summed E-state index contributed by atoms with van der Waals surface area (Å²) in [6.07, 6.45) is 7.62. The Morgan fingerprint density at radius 3 is 2.40 bits per heavy atom. The Balaban J connectivity index is 2.39. The van der Waals surface area contributed by atoms with Gasteiger partial charge in [-0.2, -0.15) is 0 Å². The van der Waals surface area contributed by atoms with Crippen molar-refractivity contribution < 1.29 is 4.79 Å². The van der Waals surface area contributed by atoms with E-state index in [9.17, 15) is 4.79 Å². The normalized spacial score (nSPS) is 20.5. The Kier molecular flexibility index (Phi) is 4.82. The summed E-state index contributed by atoms with van der Waals surface area (Å²) in [5.41, 5.74) is 0. The third kappa shape index (κ3) is 4.04. The van der Waals surface area contributed by atoms with Crippen molar-refractivity contribution in [3.8, 4) is 0 Å². The van der Waals surface area contributed by atoms with Crippen molar-refractivity contribution in [3.05, 3.63) is 12.2 Å². The van der Waals surface area contributed by atoms with E-state index in [-0.39, 0.29) is 5.91 Å². The van der Waals surface area contributed by atoms with Gasteiger partial charge in [-0.25, -0.2) is 0 Å². The van der Waals surface area contributed by atoms with Crippen molar-refractivity contribution >= 4 is 5.91 Å². The van der Waals surface area contributed by atoms with Gasteiger partial charge in [0.05, 0.1) is 0 Å². The van der Waals surface area contributed by atoms with E-state index in [1.54, 1.807) is 25.1 Å². The second-order valence-electron chi connectivity index (χ2n) is 4.43. The molecule has 1 heterocycles. The largest absolute Gasteiger partial charge is 0.345 e. The van der Waals surface area contributed by atoms with Crippen LogP contribution in [0.15, 0.2) is 12.2 Å². The lowest BCUT2D eigenvalue weighted by Gasteiger charge is -2.30. The third-order valence-corrected chi connectivity index (χ3v) is 2.92. The van der Waals surface area contributed by atoms with Crippen molar-refractivity contribution in [2.75, 3.05) is 27.2 Å². The molecule has 0 aromatic carbocycles. The standard InChI is InChI=1S/C12H22N2O/c1-11(7-8-12(15)13(2)3)14-9-5-4-6-10-14/h7-8,11H,4-6,9-10H2,1-3H3. The number of likely N-dealkylation sites (N-methyl/N-ethyl adjacent to an activating group) is 1. The first-order chi connectivity index (χ1) is 7.11. The summed E-state index contributed by atoms with van der Waals surface area (Å²) >= 11 is 0. The highest BCUT2D eigenvalue weighted by molar-refractivity contribution is 5.87. The Morgan fingerprint density at radius 2 is 1.87 bits per heavy atom. The SMILES string of the molecule is CC(C=CC(=O)N(C)C)N1CCCCC1. The predicted octanol–water partition coefficient (Wildman–Crippen LogP) is 1.51. The molecule has 1 unspecified atom stereocenters. The summed E-state index contributed by atoms with van der Waals surface area (Å²) in [4.78, 5) is 15.4. The van der Waals surface area contributed by atoms with Gasteiger partial charge in [-0.05, 0) is 32.9 Å². The van der Waals surface area contributed by atoms with Crippen LogP contribution in [0.3, 0.4) is 0 Å². The number of carbonyl (C=O) groups excluding carboxylic acids is 1. The van der Waals surface area contributed by atoms with Gasteiger partial charge in [-0.15, -0.1) is 0 Å². The van der Waals surface area contributed by atoms with Gasteiger partial charge >= 0.3 is 0 Å². The lowest BCUT2D eigenvalue weighted by molar-refractivity contribution is -0.123. The number of piperidine rings is 1. The predicted molar refractivity (Wildman–Crippen MR) is 62.7 cm³/mol. The van der Waals surface area contributed by atoms with Crippen molar-refractivity contribution in [2.24, 2.45) is 0 Å². The second kappa shape index (κ2) is 5.91. The van der Waals surface area contributed by atoms with Crippen LogP contribution in [0.25, 0.3) is 0 Å². The van der Waals surface area contributed by atoms with Gasteiger partial charge in [-0.3, -0.25) is 9.69 Å². The molecule has 0 aromatic rings. The van der Waals surface area contributed by atoms with E-state index >= 15 is 0 Å². The van der Waals surface area contributed by atoms with E-state index in [0.29, 0.717) is 6.04 Å². The number of hydrogen-bond donors (Lipinski definition) is 0. The molecule has 0 aromatic heterocycles. The van der Waals surface area contributed by atoms with Crippen molar-refractivity contribution in [2.45, 2.75) is 32.2 Å². The number of amides is 1. The molecule has 1 amide bonds. The van der Waals surface area contributed by atoms with Crippen LogP contribution < -0.4 is 0 Å². The van der Waals surface area contributed by atoms with Gasteiger partial charge in [-0.1, -0.05) is 12.5 Å². The van der Waals surface area contributed by atoms with E-state index in [0.717, 1.165) is 0 Å². The first-order valence-electron chi connectivity index (χ1n) is 5.75. The fourth-order valence-electron chi connectivity index (χ4n) is 1.82. The molecule has 1 aliphatic heterocycles. The van der Waals surface area contributed by atoms with Crippen LogP contribution in [-0.4, -0.2) is 48.9 Å². The highest BCUT2D eigenvalue weighted by Gasteiger charge is 2.14. The molecule has 86 valence electrons. The van der Waals surface area contributed by atoms with Crippen LogP contribution in [0.2, 0.25) is 0 Å². The van der Waals surface area contributed by atoms with Crippen molar-refractivity contribution in [1.29, 1.82) is 0 Å². The molecule has 3 heteroatoms. The Bertz CT molecular complexity index is 230. The van der Waals surface area contributed by atoms with Crippen LogP contribution in [0.1, 0.15) is 26.2 Å². The second-order valence-corrected chi connectivity index (χ2v) is 4.43. The average Bonchev–Trinajstić information content (AvgIpc) is 2.26. The minimum absolute atomic E-state index is 0.0684. The smallest absolute Gasteiger partial charge is 0.245 e. The van der Waals surface area contributed by atoms with Gasteiger partial charge in [0.15, 0.2) is 0 Å². The summed E-state index contributed by atoms with van der Waals surface area (Å²) < 4.78 is 0. The summed E-state index contributed by atoms with van der Waals surface area (Å²) in [5, 5.41) is 0. The van der Waals surface area contributed by atoms with Crippen molar-refractivity contribution in [3.63, 3.8) is 0 Å². The molecule has 0 spiro atoms. The van der Waals surface area contributed by atoms with Gasteiger partial charge in [0, 0.05) is 26.2 Å². The van der Waals surface area contributed by atoms with Gasteiger partial charge in [0.2, 0.25) is 5.91 Å². The van der Waals surface area contributed by atoms with Gasteiger partial charge in [0.25, 0.3) is 0 Å². The molecule has 1 aliphatic rings. The monoisotopic (exact) mass is 210 g/mol. The summed E-state index contributed by atoms with van der Waals surface area (Å²) in [6, 6.07) is 0.384. The van der Waals surface area contributed by atoms with E-state index < -0.39 is 0 Å². The van der Waals surface area contributed by atoms with Gasteiger partial charge in [0.1, 0.15) is 0 Å². The van der Waals surface area contributed by atoms with Crippen molar-refractivity contribution in [1.82, 2.24) is 9.80 Å². The average molecular weight is 210 g/mol. The third-order valence-electron chi connectivity index (χ3n) is 2.92. The highest BCUT2D eigenvalue weighted by atomic mass is 16.2. The first kappa shape index (κ1) is 12.2. The minimum Gasteiger partial charge on any atom is -0.345 e. The number of hydrogen-bond acceptors (Lipinski definition) is 2. The molecule has 1 atom stereocenters. The lowest BCUT2D eigenvalue weighted by Crippen LogP contribution is -2.36. The molecule has 1 rings (SSSR count). The maximum Gasteiger partial charge on any atom is 0.245 e. The number of likely N-dealkylation sites (tertiary alicyclic amines) is 1. The molecular weight excluding hydrogens is 188 g/mol. The van der Waals surface area contributed by atoms with Gasteiger partial charge < -0.3 is 4.90 Å². The zero-order valence-corrected chi connectivity index (χ0v) is 10.1. The van der Waals surface area contributed by atoms with Crippen LogP contribution >= 0.6 is 0 Å². The zero-order valence-electron chi connectivity index (χ0n) is 10.1. The van der Waals surface area contributed by atoms with Crippen LogP contribution in [0, 0.1) is 0 Å². The number of rotatable bonds is 3. The number of carbonyl (C=O) groups is 1.